The van der Waals surface area contributed by atoms with Crippen LogP contribution in [0.3, 0.4) is 0 Å². The maximum absolute atomic E-state index is 10.7. The molecule has 1 rings (SSSR count). The second-order valence-electron chi connectivity index (χ2n) is 1.96. The average Bonchev–Trinajstić information content (AvgIpc) is 2.35. The molecule has 11 heavy (non-hydrogen) atoms. The number of hydrogen-bond acceptors (Lipinski definition) is 3. The van der Waals surface area contributed by atoms with Crippen LogP contribution in [0, 0.1) is 0 Å². The van der Waals surface area contributed by atoms with Crippen molar-refractivity contribution < 1.29 is 9.59 Å². The maximum Gasteiger partial charge on any atom is 0.246 e. The van der Waals surface area contributed by atoms with Crippen LogP contribution in [-0.2, 0) is 9.59 Å². The minimum atomic E-state index is -0.199. The van der Waals surface area contributed by atoms with Crippen LogP contribution in [-0.4, -0.2) is 24.6 Å². The summed E-state index contributed by atoms with van der Waals surface area (Å²) < 4.78 is 0. The summed E-state index contributed by atoms with van der Waals surface area (Å²) in [6.45, 7) is 0. The number of thioether (sulfide) groups is 1. The molecule has 1 heterocycles. The van der Waals surface area contributed by atoms with E-state index >= 15 is 0 Å². The number of rotatable bonds is 1. The van der Waals surface area contributed by atoms with E-state index in [1.165, 1.54) is 17.8 Å². The minimum absolute atomic E-state index is 0.0508. The van der Waals surface area contributed by atoms with Gasteiger partial charge in [0.1, 0.15) is 0 Å². The summed E-state index contributed by atoms with van der Waals surface area (Å²) in [6.07, 6.45) is 1.37. The summed E-state index contributed by atoms with van der Waals surface area (Å²) in [5, 5.41) is 5.59. The lowest BCUT2D eigenvalue weighted by atomic mass is 10.5. The van der Waals surface area contributed by atoms with Crippen molar-refractivity contribution in [2.45, 2.75) is 0 Å². The number of carbonyl (C=O) groups is 2. The Balaban J connectivity index is 2.54. The zero-order valence-electron chi connectivity index (χ0n) is 6.01. The SMILES string of the molecule is CNC(=O)C=C1NC(=O)CS1. The van der Waals surface area contributed by atoms with Crippen LogP contribution in [0.4, 0.5) is 0 Å². The first-order valence-electron chi connectivity index (χ1n) is 3.08. The Labute approximate surface area is 68.4 Å². The Hall–Kier alpha value is -0.970. The molecule has 0 atom stereocenters. The van der Waals surface area contributed by atoms with Crippen molar-refractivity contribution in [1.82, 2.24) is 10.6 Å². The Kier molecular flexibility index (Phi) is 2.53. The number of nitrogens with one attached hydrogen (secondary N) is 2. The summed E-state index contributed by atoms with van der Waals surface area (Å²) in [7, 11) is 1.54. The Morgan fingerprint density at radius 3 is 3.00 bits per heavy atom. The number of carbonyl (C=O) groups excluding carboxylic acids is 2. The maximum atomic E-state index is 10.7. The Bertz CT molecular complexity index is 225. The lowest BCUT2D eigenvalue weighted by molar-refractivity contribution is -0.117. The third-order valence-corrected chi connectivity index (χ3v) is 2.07. The van der Waals surface area contributed by atoms with Gasteiger partial charge in [-0.15, -0.1) is 0 Å². The van der Waals surface area contributed by atoms with Crippen LogP contribution in [0.5, 0.6) is 0 Å². The van der Waals surface area contributed by atoms with Crippen molar-refractivity contribution in [3.63, 3.8) is 0 Å². The molecule has 1 aliphatic rings. The van der Waals surface area contributed by atoms with Gasteiger partial charge in [-0.25, -0.2) is 0 Å². The normalized spacial score (nSPS) is 20.1. The largest absolute Gasteiger partial charge is 0.356 e. The van der Waals surface area contributed by atoms with Crippen LogP contribution >= 0.6 is 11.8 Å². The Morgan fingerprint density at radius 1 is 1.82 bits per heavy atom. The molecule has 0 saturated carbocycles. The van der Waals surface area contributed by atoms with Crippen LogP contribution in [0.15, 0.2) is 11.1 Å². The van der Waals surface area contributed by atoms with Crippen molar-refractivity contribution >= 4 is 23.6 Å². The number of likely N-dealkylation sites (N-methyl/N-ethyl adjacent to an activating group) is 1. The van der Waals surface area contributed by atoms with E-state index in [4.69, 9.17) is 0 Å². The molecule has 1 aliphatic heterocycles. The van der Waals surface area contributed by atoms with E-state index in [2.05, 4.69) is 10.6 Å². The van der Waals surface area contributed by atoms with Crippen LogP contribution in [0.1, 0.15) is 0 Å². The lowest BCUT2D eigenvalue weighted by Crippen LogP contribution is -2.18. The molecule has 0 radical (unpaired) electrons. The first kappa shape index (κ1) is 8.13. The standard InChI is InChI=1S/C6H8N2O2S/c1-7-4(9)2-6-8-5(10)3-11-6/h2H,3H2,1H3,(H,7,9)(H,8,10). The van der Waals surface area contributed by atoms with E-state index in [1.807, 2.05) is 0 Å². The van der Waals surface area contributed by atoms with Crippen molar-refractivity contribution in [3.8, 4) is 0 Å². The van der Waals surface area contributed by atoms with Crippen LogP contribution in [0.25, 0.3) is 0 Å². The predicted molar refractivity (Wildman–Crippen MR) is 42.8 cm³/mol. The van der Waals surface area contributed by atoms with Gasteiger partial charge < -0.3 is 10.6 Å². The van der Waals surface area contributed by atoms with Crippen molar-refractivity contribution in [1.29, 1.82) is 0 Å². The molecule has 0 aromatic heterocycles. The molecule has 0 bridgehead atoms. The highest BCUT2D eigenvalue weighted by molar-refractivity contribution is 8.04. The molecule has 5 heteroatoms. The molecule has 0 spiro atoms. The third-order valence-electron chi connectivity index (χ3n) is 1.13. The first-order chi connectivity index (χ1) is 5.22. The van der Waals surface area contributed by atoms with Gasteiger partial charge in [-0.1, -0.05) is 11.8 Å². The van der Waals surface area contributed by atoms with Gasteiger partial charge in [-0.3, -0.25) is 9.59 Å². The quantitative estimate of drug-likeness (QED) is 0.521. The topological polar surface area (TPSA) is 58.2 Å². The van der Waals surface area contributed by atoms with E-state index < -0.39 is 0 Å². The van der Waals surface area contributed by atoms with E-state index in [0.717, 1.165) is 0 Å². The summed E-state index contributed by atoms with van der Waals surface area (Å²) in [4.78, 5) is 21.3. The zero-order valence-corrected chi connectivity index (χ0v) is 6.83. The van der Waals surface area contributed by atoms with Crippen molar-refractivity contribution in [3.05, 3.63) is 11.1 Å². The minimum Gasteiger partial charge on any atom is -0.356 e. The molecule has 60 valence electrons. The summed E-state index contributed by atoms with van der Waals surface area (Å²) >= 11 is 1.33. The fourth-order valence-electron chi connectivity index (χ4n) is 0.622. The van der Waals surface area contributed by atoms with E-state index in [9.17, 15) is 9.59 Å². The third kappa shape index (κ3) is 2.27. The molecule has 0 aromatic rings. The number of hydrogen-bond donors (Lipinski definition) is 2. The molecule has 0 unspecified atom stereocenters. The average molecular weight is 172 g/mol. The lowest BCUT2D eigenvalue weighted by Gasteiger charge is -1.94. The van der Waals surface area contributed by atoms with Crippen molar-refractivity contribution in [2.24, 2.45) is 0 Å². The smallest absolute Gasteiger partial charge is 0.246 e. The van der Waals surface area contributed by atoms with Crippen molar-refractivity contribution in [2.75, 3.05) is 12.8 Å². The second-order valence-corrected chi connectivity index (χ2v) is 2.98. The molecular weight excluding hydrogens is 164 g/mol. The highest BCUT2D eigenvalue weighted by Crippen LogP contribution is 2.17. The fourth-order valence-corrected chi connectivity index (χ4v) is 1.36. The van der Waals surface area contributed by atoms with Gasteiger partial charge in [-0.2, -0.15) is 0 Å². The van der Waals surface area contributed by atoms with Gasteiger partial charge in [0.15, 0.2) is 0 Å². The predicted octanol–water partition coefficient (Wildman–Crippen LogP) is -0.563. The highest BCUT2D eigenvalue weighted by Gasteiger charge is 2.15. The second kappa shape index (κ2) is 3.43. The zero-order chi connectivity index (χ0) is 8.27. The molecule has 2 amide bonds. The van der Waals surface area contributed by atoms with Gasteiger partial charge >= 0.3 is 0 Å². The van der Waals surface area contributed by atoms with Gasteiger partial charge in [0, 0.05) is 13.1 Å². The van der Waals surface area contributed by atoms with E-state index in [1.54, 1.807) is 7.05 Å². The first-order valence-corrected chi connectivity index (χ1v) is 4.07. The number of amides is 2. The van der Waals surface area contributed by atoms with E-state index in [0.29, 0.717) is 10.8 Å². The molecule has 0 aromatic carbocycles. The fraction of sp³-hybridized carbons (Fsp3) is 0.333. The van der Waals surface area contributed by atoms with Gasteiger partial charge in [-0.05, 0) is 0 Å². The van der Waals surface area contributed by atoms with Gasteiger partial charge in [0.25, 0.3) is 0 Å². The molecule has 1 saturated heterocycles. The molecule has 1 fully saturated rings. The molecule has 0 aliphatic carbocycles. The highest BCUT2D eigenvalue weighted by atomic mass is 32.2. The van der Waals surface area contributed by atoms with Crippen LogP contribution in [0.2, 0.25) is 0 Å². The molecule has 2 N–H and O–H groups in total. The van der Waals surface area contributed by atoms with Crippen LogP contribution < -0.4 is 10.6 Å². The molecular formula is C6H8N2O2S. The van der Waals surface area contributed by atoms with E-state index in [-0.39, 0.29) is 11.8 Å². The molecule has 4 nitrogen and oxygen atoms in total. The summed E-state index contributed by atoms with van der Waals surface area (Å²) in [6, 6.07) is 0. The Morgan fingerprint density at radius 2 is 2.55 bits per heavy atom. The van der Waals surface area contributed by atoms with Gasteiger partial charge in [0.05, 0.1) is 10.8 Å². The summed E-state index contributed by atoms with van der Waals surface area (Å²) in [5.74, 6) is 0.155. The van der Waals surface area contributed by atoms with Gasteiger partial charge in [0.2, 0.25) is 11.8 Å². The summed E-state index contributed by atoms with van der Waals surface area (Å²) in [5.41, 5.74) is 0. The monoisotopic (exact) mass is 172 g/mol.